The SMILES string of the molecule is CCOc1ccc(C=C2SC(=S)N(CC(=O)Nc3cccc(I)c3)C2=O)cc1. The smallest absolute Gasteiger partial charge is 0.266 e. The van der Waals surface area contributed by atoms with Crippen LogP contribution in [0, 0.1) is 3.57 Å². The van der Waals surface area contributed by atoms with Gasteiger partial charge in [0, 0.05) is 9.26 Å². The average molecular weight is 524 g/mol. The van der Waals surface area contributed by atoms with E-state index < -0.39 is 0 Å². The van der Waals surface area contributed by atoms with Crippen LogP contribution in [0.15, 0.2) is 53.4 Å². The van der Waals surface area contributed by atoms with E-state index in [1.807, 2.05) is 49.4 Å². The van der Waals surface area contributed by atoms with E-state index in [-0.39, 0.29) is 18.4 Å². The van der Waals surface area contributed by atoms with Crippen molar-refractivity contribution in [2.24, 2.45) is 0 Å². The summed E-state index contributed by atoms with van der Waals surface area (Å²) in [4.78, 5) is 26.8. The van der Waals surface area contributed by atoms with Crippen molar-refractivity contribution in [3.05, 3.63) is 62.6 Å². The first-order chi connectivity index (χ1) is 13.5. The molecule has 1 aliphatic rings. The molecule has 144 valence electrons. The Morgan fingerprint density at radius 3 is 2.71 bits per heavy atom. The molecule has 8 heteroatoms. The van der Waals surface area contributed by atoms with Gasteiger partial charge in [0.1, 0.15) is 16.6 Å². The van der Waals surface area contributed by atoms with E-state index in [9.17, 15) is 9.59 Å². The Balaban J connectivity index is 1.66. The van der Waals surface area contributed by atoms with Crippen LogP contribution >= 0.6 is 46.6 Å². The fraction of sp³-hybridized carbons (Fsp3) is 0.150. The number of benzene rings is 2. The van der Waals surface area contributed by atoms with Gasteiger partial charge in [-0.3, -0.25) is 14.5 Å². The number of ether oxygens (including phenoxy) is 1. The largest absolute Gasteiger partial charge is 0.494 e. The normalized spacial score (nSPS) is 15.2. The first-order valence-electron chi connectivity index (χ1n) is 8.50. The van der Waals surface area contributed by atoms with Gasteiger partial charge in [-0.25, -0.2) is 0 Å². The zero-order valence-corrected chi connectivity index (χ0v) is 18.8. The Bertz CT molecular complexity index is 945. The first kappa shape index (κ1) is 20.8. The van der Waals surface area contributed by atoms with Gasteiger partial charge in [0.2, 0.25) is 5.91 Å². The molecule has 0 aromatic heterocycles. The highest BCUT2D eigenvalue weighted by atomic mass is 127. The number of hydrogen-bond acceptors (Lipinski definition) is 5. The fourth-order valence-electron chi connectivity index (χ4n) is 2.52. The van der Waals surface area contributed by atoms with Gasteiger partial charge in [-0.15, -0.1) is 0 Å². The zero-order valence-electron chi connectivity index (χ0n) is 15.0. The third-order valence-electron chi connectivity index (χ3n) is 3.77. The minimum Gasteiger partial charge on any atom is -0.494 e. The second kappa shape index (κ2) is 9.53. The summed E-state index contributed by atoms with van der Waals surface area (Å²) in [5.41, 5.74) is 1.56. The maximum atomic E-state index is 12.7. The number of thiocarbonyl (C=S) groups is 1. The van der Waals surface area contributed by atoms with Crippen molar-refractivity contribution >= 4 is 74.5 Å². The van der Waals surface area contributed by atoms with Gasteiger partial charge >= 0.3 is 0 Å². The van der Waals surface area contributed by atoms with Crippen LogP contribution in [0.2, 0.25) is 0 Å². The molecule has 2 aromatic rings. The quantitative estimate of drug-likeness (QED) is 0.342. The molecular formula is C20H17IN2O3S2. The van der Waals surface area contributed by atoms with Crippen molar-refractivity contribution in [3.8, 4) is 5.75 Å². The number of amides is 2. The monoisotopic (exact) mass is 524 g/mol. The van der Waals surface area contributed by atoms with Gasteiger partial charge in [-0.1, -0.05) is 42.2 Å². The summed E-state index contributed by atoms with van der Waals surface area (Å²) in [5, 5.41) is 2.79. The highest BCUT2D eigenvalue weighted by molar-refractivity contribution is 14.1. The molecule has 0 unspecified atom stereocenters. The maximum Gasteiger partial charge on any atom is 0.266 e. The van der Waals surface area contributed by atoms with Crippen molar-refractivity contribution in [2.75, 3.05) is 18.5 Å². The van der Waals surface area contributed by atoms with E-state index in [2.05, 4.69) is 27.9 Å². The number of carbonyl (C=O) groups is 2. The molecule has 2 aromatic carbocycles. The van der Waals surface area contributed by atoms with Crippen LogP contribution in [0.1, 0.15) is 12.5 Å². The van der Waals surface area contributed by atoms with Crippen LogP contribution in [0.25, 0.3) is 6.08 Å². The van der Waals surface area contributed by atoms with Crippen molar-refractivity contribution in [1.82, 2.24) is 4.90 Å². The highest BCUT2D eigenvalue weighted by Gasteiger charge is 2.33. The first-order valence-corrected chi connectivity index (χ1v) is 10.8. The summed E-state index contributed by atoms with van der Waals surface area (Å²) >= 11 is 8.67. The second-order valence-electron chi connectivity index (χ2n) is 5.83. The lowest BCUT2D eigenvalue weighted by atomic mass is 10.2. The molecule has 1 aliphatic heterocycles. The molecule has 0 bridgehead atoms. The third kappa shape index (κ3) is 5.33. The van der Waals surface area contributed by atoms with Gasteiger partial charge in [0.15, 0.2) is 0 Å². The zero-order chi connectivity index (χ0) is 20.1. The van der Waals surface area contributed by atoms with Crippen molar-refractivity contribution in [2.45, 2.75) is 6.92 Å². The van der Waals surface area contributed by atoms with Crippen molar-refractivity contribution in [3.63, 3.8) is 0 Å². The molecule has 3 rings (SSSR count). The minimum absolute atomic E-state index is 0.114. The topological polar surface area (TPSA) is 58.6 Å². The van der Waals surface area contributed by atoms with E-state index >= 15 is 0 Å². The van der Waals surface area contributed by atoms with Crippen LogP contribution in [-0.4, -0.2) is 34.2 Å². The summed E-state index contributed by atoms with van der Waals surface area (Å²) in [6.45, 7) is 2.41. The minimum atomic E-state index is -0.291. The number of hydrogen-bond donors (Lipinski definition) is 1. The molecule has 1 fully saturated rings. The molecule has 0 spiro atoms. The second-order valence-corrected chi connectivity index (χ2v) is 8.75. The van der Waals surface area contributed by atoms with E-state index in [1.165, 1.54) is 16.7 Å². The number of nitrogens with zero attached hydrogens (tertiary/aromatic N) is 1. The summed E-state index contributed by atoms with van der Waals surface area (Å²) < 4.78 is 6.81. The Hall–Kier alpha value is -1.91. The van der Waals surface area contributed by atoms with Crippen LogP contribution in [0.4, 0.5) is 5.69 Å². The third-order valence-corrected chi connectivity index (χ3v) is 5.82. The van der Waals surface area contributed by atoms with Gasteiger partial charge in [0.25, 0.3) is 5.91 Å². The van der Waals surface area contributed by atoms with E-state index in [1.54, 1.807) is 12.1 Å². The number of nitrogens with one attached hydrogen (secondary N) is 1. The molecule has 1 saturated heterocycles. The number of thioether (sulfide) groups is 1. The highest BCUT2D eigenvalue weighted by Crippen LogP contribution is 2.32. The molecule has 1 N–H and O–H groups in total. The van der Waals surface area contributed by atoms with E-state index in [0.29, 0.717) is 21.5 Å². The van der Waals surface area contributed by atoms with Crippen molar-refractivity contribution < 1.29 is 14.3 Å². The molecule has 0 aliphatic carbocycles. The Morgan fingerprint density at radius 1 is 1.29 bits per heavy atom. The van der Waals surface area contributed by atoms with Gasteiger partial charge in [-0.2, -0.15) is 0 Å². The summed E-state index contributed by atoms with van der Waals surface area (Å²) in [5.74, 6) is 0.224. The summed E-state index contributed by atoms with van der Waals surface area (Å²) in [6.07, 6.45) is 1.77. The van der Waals surface area contributed by atoms with Crippen LogP contribution in [-0.2, 0) is 9.59 Å². The van der Waals surface area contributed by atoms with Crippen LogP contribution < -0.4 is 10.1 Å². The van der Waals surface area contributed by atoms with Gasteiger partial charge in [-0.05, 0) is 71.5 Å². The maximum absolute atomic E-state index is 12.7. The number of carbonyl (C=O) groups excluding carboxylic acids is 2. The predicted molar refractivity (Wildman–Crippen MR) is 125 cm³/mol. The number of halogens is 1. The molecule has 0 atom stereocenters. The molecule has 0 saturated carbocycles. The summed E-state index contributed by atoms with van der Waals surface area (Å²) in [7, 11) is 0. The van der Waals surface area contributed by atoms with E-state index in [4.69, 9.17) is 17.0 Å². The molecular weight excluding hydrogens is 507 g/mol. The lowest BCUT2D eigenvalue weighted by Crippen LogP contribution is -2.36. The molecule has 1 heterocycles. The molecule has 28 heavy (non-hydrogen) atoms. The van der Waals surface area contributed by atoms with E-state index in [0.717, 1.165) is 14.9 Å². The van der Waals surface area contributed by atoms with Crippen LogP contribution in [0.5, 0.6) is 5.75 Å². The van der Waals surface area contributed by atoms with Crippen molar-refractivity contribution in [1.29, 1.82) is 0 Å². The Labute approximate surface area is 186 Å². The van der Waals surface area contributed by atoms with Gasteiger partial charge < -0.3 is 10.1 Å². The summed E-state index contributed by atoms with van der Waals surface area (Å²) in [6, 6.07) is 14.9. The molecule has 5 nitrogen and oxygen atoms in total. The average Bonchev–Trinajstić information content (AvgIpc) is 2.91. The standard InChI is InChI=1S/C20H17IN2O3S2/c1-2-26-16-8-6-13(7-9-16)10-17-19(25)23(20(27)28-17)12-18(24)22-15-5-3-4-14(21)11-15/h3-11H,2,12H2,1H3,(H,22,24). The fourth-order valence-corrected chi connectivity index (χ4v) is 4.32. The van der Waals surface area contributed by atoms with Crippen LogP contribution in [0.3, 0.4) is 0 Å². The number of rotatable bonds is 6. The lowest BCUT2D eigenvalue weighted by molar-refractivity contribution is -0.126. The number of anilines is 1. The Morgan fingerprint density at radius 2 is 2.04 bits per heavy atom. The lowest BCUT2D eigenvalue weighted by Gasteiger charge is -2.14. The van der Waals surface area contributed by atoms with Gasteiger partial charge in [0.05, 0.1) is 11.5 Å². The molecule has 2 amide bonds. The predicted octanol–water partition coefficient (Wildman–Crippen LogP) is 4.53. The molecule has 0 radical (unpaired) electrons. The Kier molecular flexibility index (Phi) is 7.08.